The number of nitrogens with zero attached hydrogens (tertiary/aromatic N) is 2. The number of benzene rings is 2. The van der Waals surface area contributed by atoms with E-state index in [9.17, 15) is 4.21 Å². The normalized spacial score (nSPS) is 12.2. The molecule has 0 fully saturated rings. The molecule has 0 radical (unpaired) electrons. The lowest BCUT2D eigenvalue weighted by Crippen LogP contribution is -2.09. The van der Waals surface area contributed by atoms with Crippen LogP contribution in [-0.2, 0) is 10.8 Å². The molecule has 23 heavy (non-hydrogen) atoms. The van der Waals surface area contributed by atoms with Gasteiger partial charge in [0, 0.05) is 22.0 Å². The maximum absolute atomic E-state index is 12.2. The Hall–Kier alpha value is -2.05. The molecule has 0 bridgehead atoms. The first kappa shape index (κ1) is 15.8. The van der Waals surface area contributed by atoms with E-state index in [1.165, 1.54) is 16.4 Å². The summed E-state index contributed by atoms with van der Waals surface area (Å²) < 4.78 is 13.7. The fourth-order valence-electron chi connectivity index (χ4n) is 2.13. The van der Waals surface area contributed by atoms with Gasteiger partial charge in [0.15, 0.2) is 5.16 Å². The van der Waals surface area contributed by atoms with Gasteiger partial charge in [0.25, 0.3) is 0 Å². The molecule has 118 valence electrons. The van der Waals surface area contributed by atoms with E-state index >= 15 is 0 Å². The number of rotatable bonds is 6. The van der Waals surface area contributed by atoms with Gasteiger partial charge in [-0.3, -0.25) is 4.21 Å². The molecular formula is C17H17N3OS2. The minimum Gasteiger partial charge on any atom is -0.337 e. The smallest absolute Gasteiger partial charge is 0.187 e. The average molecular weight is 343 g/mol. The first-order chi connectivity index (χ1) is 11.2. The maximum atomic E-state index is 12.2. The Balaban J connectivity index is 1.61. The average Bonchev–Trinajstić information content (AvgIpc) is 2.97. The summed E-state index contributed by atoms with van der Waals surface area (Å²) in [5.74, 6) is 7.23. The van der Waals surface area contributed by atoms with Crippen molar-refractivity contribution < 1.29 is 4.21 Å². The summed E-state index contributed by atoms with van der Waals surface area (Å²) in [7, 11) is -0.992. The van der Waals surface area contributed by atoms with Crippen LogP contribution in [0.1, 0.15) is 0 Å². The maximum Gasteiger partial charge on any atom is 0.187 e. The quantitative estimate of drug-likeness (QED) is 0.552. The number of nitrogens with two attached hydrogens (primary N) is 1. The molecule has 0 amide bonds. The zero-order valence-corrected chi connectivity index (χ0v) is 14.1. The molecule has 3 aromatic rings. The van der Waals surface area contributed by atoms with E-state index in [2.05, 4.69) is 4.98 Å². The summed E-state index contributed by atoms with van der Waals surface area (Å²) >= 11 is 1.52. The van der Waals surface area contributed by atoms with Gasteiger partial charge >= 0.3 is 0 Å². The second-order valence-corrected chi connectivity index (χ2v) is 7.53. The third kappa shape index (κ3) is 4.03. The Morgan fingerprint density at radius 2 is 1.70 bits per heavy atom. The van der Waals surface area contributed by atoms with Crippen molar-refractivity contribution in [2.75, 3.05) is 17.3 Å². The highest BCUT2D eigenvalue weighted by Crippen LogP contribution is 2.23. The van der Waals surface area contributed by atoms with E-state index in [4.69, 9.17) is 5.84 Å². The van der Waals surface area contributed by atoms with Gasteiger partial charge in [-0.25, -0.2) is 9.66 Å². The number of nitrogen functional groups attached to an aromatic ring is 1. The predicted octanol–water partition coefficient (Wildman–Crippen LogP) is 3.16. The van der Waals surface area contributed by atoms with Crippen molar-refractivity contribution >= 4 is 22.6 Å². The molecule has 3 rings (SSSR count). The number of aromatic nitrogens is 2. The molecule has 0 saturated heterocycles. The van der Waals surface area contributed by atoms with E-state index in [0.29, 0.717) is 11.5 Å². The molecule has 4 nitrogen and oxygen atoms in total. The van der Waals surface area contributed by atoms with Crippen molar-refractivity contribution in [1.82, 2.24) is 9.66 Å². The molecule has 0 saturated carbocycles. The van der Waals surface area contributed by atoms with Crippen LogP contribution >= 0.6 is 11.8 Å². The van der Waals surface area contributed by atoms with Crippen LogP contribution in [0.15, 0.2) is 76.9 Å². The fourth-order valence-corrected chi connectivity index (χ4v) is 4.31. The van der Waals surface area contributed by atoms with Crippen LogP contribution in [-0.4, -0.2) is 25.4 Å². The van der Waals surface area contributed by atoms with Gasteiger partial charge in [0.2, 0.25) is 0 Å². The van der Waals surface area contributed by atoms with E-state index in [1.54, 1.807) is 0 Å². The molecule has 2 aromatic carbocycles. The zero-order valence-electron chi connectivity index (χ0n) is 12.5. The first-order valence-corrected chi connectivity index (χ1v) is 9.50. The molecular weight excluding hydrogens is 326 g/mol. The van der Waals surface area contributed by atoms with Gasteiger partial charge in [0.1, 0.15) is 0 Å². The molecule has 1 heterocycles. The van der Waals surface area contributed by atoms with Crippen LogP contribution < -0.4 is 5.84 Å². The molecule has 0 spiro atoms. The minimum atomic E-state index is -0.992. The third-order valence-corrected chi connectivity index (χ3v) is 5.87. The van der Waals surface area contributed by atoms with Crippen LogP contribution in [0.4, 0.5) is 0 Å². The lowest BCUT2D eigenvalue weighted by Gasteiger charge is -2.02. The standard InChI is InChI=1S/C17H17N3OS2/c18-20-13-16(14-7-3-1-4-8-14)19-17(20)22-11-12-23(21)15-9-5-2-6-10-15/h1-10,13H,11-12,18H2. The van der Waals surface area contributed by atoms with Crippen LogP contribution in [0.5, 0.6) is 0 Å². The third-order valence-electron chi connectivity index (χ3n) is 3.27. The molecule has 1 atom stereocenters. The number of hydrogen-bond acceptors (Lipinski definition) is 4. The summed E-state index contributed by atoms with van der Waals surface area (Å²) in [5, 5.41) is 0.730. The van der Waals surface area contributed by atoms with E-state index in [-0.39, 0.29) is 0 Å². The molecule has 6 heteroatoms. The van der Waals surface area contributed by atoms with Crippen molar-refractivity contribution in [2.24, 2.45) is 0 Å². The highest BCUT2D eigenvalue weighted by atomic mass is 32.2. The van der Waals surface area contributed by atoms with E-state index < -0.39 is 10.8 Å². The second kappa shape index (κ2) is 7.48. The Labute approximate surface area is 142 Å². The van der Waals surface area contributed by atoms with Crippen molar-refractivity contribution in [3.8, 4) is 11.3 Å². The molecule has 0 aliphatic heterocycles. The molecule has 1 unspecified atom stereocenters. The SMILES string of the molecule is Nn1cc(-c2ccccc2)nc1SCCS(=O)c1ccccc1. The summed E-state index contributed by atoms with van der Waals surface area (Å²) in [5.41, 5.74) is 1.88. The van der Waals surface area contributed by atoms with E-state index in [0.717, 1.165) is 21.3 Å². The van der Waals surface area contributed by atoms with Crippen molar-refractivity contribution in [3.05, 3.63) is 66.9 Å². The Bertz CT molecular complexity index is 788. The van der Waals surface area contributed by atoms with E-state index in [1.807, 2.05) is 66.9 Å². The minimum absolute atomic E-state index is 0.572. The molecule has 1 aromatic heterocycles. The summed E-state index contributed by atoms with van der Waals surface area (Å²) in [6.45, 7) is 0. The zero-order chi connectivity index (χ0) is 16.1. The molecule has 0 aliphatic carbocycles. The van der Waals surface area contributed by atoms with Crippen LogP contribution in [0, 0.1) is 0 Å². The Morgan fingerprint density at radius 1 is 1.04 bits per heavy atom. The highest BCUT2D eigenvalue weighted by molar-refractivity contribution is 8.00. The van der Waals surface area contributed by atoms with Gasteiger partial charge in [-0.05, 0) is 12.1 Å². The topological polar surface area (TPSA) is 60.9 Å². The van der Waals surface area contributed by atoms with Crippen molar-refractivity contribution in [3.63, 3.8) is 0 Å². The largest absolute Gasteiger partial charge is 0.337 e. The van der Waals surface area contributed by atoms with Gasteiger partial charge in [-0.2, -0.15) is 0 Å². The number of hydrogen-bond donors (Lipinski definition) is 1. The first-order valence-electron chi connectivity index (χ1n) is 7.20. The van der Waals surface area contributed by atoms with Gasteiger partial charge in [-0.15, -0.1) is 0 Å². The monoisotopic (exact) mass is 343 g/mol. The number of thioether (sulfide) groups is 1. The fraction of sp³-hybridized carbons (Fsp3) is 0.118. The van der Waals surface area contributed by atoms with Gasteiger partial charge in [0.05, 0.1) is 22.7 Å². The summed E-state index contributed by atoms with van der Waals surface area (Å²) in [6.07, 6.45) is 1.81. The molecule has 0 aliphatic rings. The Kier molecular flexibility index (Phi) is 5.15. The van der Waals surface area contributed by atoms with Gasteiger partial charge < -0.3 is 5.84 Å². The predicted molar refractivity (Wildman–Crippen MR) is 96.3 cm³/mol. The summed E-state index contributed by atoms with van der Waals surface area (Å²) in [4.78, 5) is 5.41. The van der Waals surface area contributed by atoms with Crippen LogP contribution in [0.25, 0.3) is 11.3 Å². The second-order valence-electron chi connectivity index (χ2n) is 4.89. The van der Waals surface area contributed by atoms with Crippen molar-refractivity contribution in [1.29, 1.82) is 0 Å². The number of imidazole rings is 1. The lowest BCUT2D eigenvalue weighted by molar-refractivity contribution is 0.684. The summed E-state index contributed by atoms with van der Waals surface area (Å²) in [6, 6.07) is 19.4. The van der Waals surface area contributed by atoms with Crippen LogP contribution in [0.2, 0.25) is 0 Å². The molecule has 2 N–H and O–H groups in total. The lowest BCUT2D eigenvalue weighted by atomic mass is 10.2. The highest BCUT2D eigenvalue weighted by Gasteiger charge is 2.09. The van der Waals surface area contributed by atoms with Gasteiger partial charge in [-0.1, -0.05) is 60.3 Å². The van der Waals surface area contributed by atoms with Crippen molar-refractivity contribution in [2.45, 2.75) is 10.1 Å². The Morgan fingerprint density at radius 3 is 2.39 bits per heavy atom. The van der Waals surface area contributed by atoms with Crippen LogP contribution in [0.3, 0.4) is 0 Å².